The minimum absolute atomic E-state index is 0.0454. The second kappa shape index (κ2) is 10.9. The van der Waals surface area contributed by atoms with Gasteiger partial charge in [0.2, 0.25) is 0 Å². The lowest BCUT2D eigenvalue weighted by molar-refractivity contribution is -0.387. The van der Waals surface area contributed by atoms with Crippen molar-refractivity contribution in [3.8, 4) is 11.5 Å². The summed E-state index contributed by atoms with van der Waals surface area (Å²) in [7, 11) is -3.35. The van der Waals surface area contributed by atoms with E-state index in [2.05, 4.69) is 0 Å². The number of ether oxygens (including phenoxy) is 1. The third kappa shape index (κ3) is 5.89. The van der Waals surface area contributed by atoms with Crippen molar-refractivity contribution >= 4 is 50.5 Å². The van der Waals surface area contributed by atoms with Crippen LogP contribution in [-0.4, -0.2) is 41.4 Å². The molecule has 0 N–H and O–H groups in total. The summed E-state index contributed by atoms with van der Waals surface area (Å²) in [4.78, 5) is 46.4. The molecule has 4 rings (SSSR count). The zero-order chi connectivity index (χ0) is 28.3. The number of hydrogen-bond acceptors (Lipinski definition) is 11. The van der Waals surface area contributed by atoms with E-state index >= 15 is 0 Å². The predicted molar refractivity (Wildman–Crippen MR) is 139 cm³/mol. The van der Waals surface area contributed by atoms with E-state index in [9.17, 15) is 38.2 Å². The van der Waals surface area contributed by atoms with Gasteiger partial charge in [0.05, 0.1) is 28.4 Å². The summed E-state index contributed by atoms with van der Waals surface area (Å²) >= 11 is 0.692. The first-order valence-electron chi connectivity index (χ1n) is 10.8. The molecule has 0 spiro atoms. The molecule has 0 unspecified atom stereocenters. The highest BCUT2D eigenvalue weighted by molar-refractivity contribution is 8.18. The molecule has 13 nitrogen and oxygen atoms in total. The van der Waals surface area contributed by atoms with E-state index in [1.54, 1.807) is 0 Å². The Kier molecular flexibility index (Phi) is 7.64. The summed E-state index contributed by atoms with van der Waals surface area (Å²) in [6.07, 6.45) is 1.41. The van der Waals surface area contributed by atoms with Gasteiger partial charge in [-0.15, -0.1) is 0 Å². The zero-order valence-electron chi connectivity index (χ0n) is 19.9. The van der Waals surface area contributed by atoms with Crippen molar-refractivity contribution in [2.75, 3.05) is 7.11 Å². The van der Waals surface area contributed by atoms with Crippen LogP contribution < -0.4 is 8.92 Å². The smallest absolute Gasteiger partial charge is 0.346 e. The van der Waals surface area contributed by atoms with Crippen LogP contribution in [0.1, 0.15) is 11.1 Å². The quantitative estimate of drug-likeness (QED) is 0.153. The lowest BCUT2D eigenvalue weighted by Gasteiger charge is -2.12. The molecule has 0 bridgehead atoms. The third-order valence-corrected chi connectivity index (χ3v) is 7.57. The van der Waals surface area contributed by atoms with Crippen molar-refractivity contribution in [2.24, 2.45) is 0 Å². The highest BCUT2D eigenvalue weighted by Crippen LogP contribution is 2.36. The second-order valence-corrected chi connectivity index (χ2v) is 10.4. The fourth-order valence-corrected chi connectivity index (χ4v) is 5.46. The molecule has 200 valence electrons. The average molecular weight is 572 g/mol. The number of rotatable bonds is 9. The first-order valence-corrected chi connectivity index (χ1v) is 13.1. The molecule has 15 heteroatoms. The van der Waals surface area contributed by atoms with Gasteiger partial charge in [-0.3, -0.25) is 34.7 Å². The van der Waals surface area contributed by atoms with Gasteiger partial charge in [-0.25, -0.2) is 0 Å². The van der Waals surface area contributed by atoms with E-state index < -0.39 is 41.7 Å². The Hall–Kier alpha value is -4.76. The lowest BCUT2D eigenvalue weighted by atomic mass is 10.1. The number of carbonyl (C=O) groups excluding carboxylic acids is 2. The van der Waals surface area contributed by atoms with Gasteiger partial charge in [-0.2, -0.15) is 8.42 Å². The van der Waals surface area contributed by atoms with Crippen molar-refractivity contribution < 1.29 is 36.8 Å². The highest BCUT2D eigenvalue weighted by Gasteiger charge is 2.35. The van der Waals surface area contributed by atoms with E-state index in [0.29, 0.717) is 22.9 Å². The zero-order valence-corrected chi connectivity index (χ0v) is 21.5. The number of nitro benzene ring substituents is 2. The van der Waals surface area contributed by atoms with Crippen LogP contribution in [0.3, 0.4) is 0 Å². The second-order valence-electron chi connectivity index (χ2n) is 7.86. The van der Waals surface area contributed by atoms with Gasteiger partial charge < -0.3 is 8.92 Å². The van der Waals surface area contributed by atoms with Crippen LogP contribution in [0.5, 0.6) is 11.5 Å². The standard InChI is InChI=1S/C24H17N3O10S2/c1-36-20-12-16(8-11-19(20)37-39(34,35)22-5-3-2-4-18(22)27(32)33)13-21-23(28)25(24(29)38-21)14-15-6-9-17(10-7-15)26(30)31/h2-13H,14H2,1H3/b21-13+. The largest absolute Gasteiger partial charge is 0.493 e. The number of non-ortho nitro benzene ring substituents is 1. The van der Waals surface area contributed by atoms with Crippen LogP contribution in [0.15, 0.2) is 76.5 Å². The van der Waals surface area contributed by atoms with Crippen molar-refractivity contribution in [3.63, 3.8) is 0 Å². The van der Waals surface area contributed by atoms with Crippen molar-refractivity contribution in [3.05, 3.63) is 103 Å². The number of nitro groups is 2. The van der Waals surface area contributed by atoms with Gasteiger partial charge >= 0.3 is 10.1 Å². The Bertz CT molecular complexity index is 1640. The van der Waals surface area contributed by atoms with Crippen molar-refractivity contribution in [1.29, 1.82) is 0 Å². The SMILES string of the molecule is COc1cc(/C=C2/SC(=O)N(Cc3ccc([N+](=O)[O-])cc3)C2=O)ccc1OS(=O)(=O)c1ccccc1[N+](=O)[O-]. The van der Waals surface area contributed by atoms with Crippen LogP contribution in [0.2, 0.25) is 0 Å². The van der Waals surface area contributed by atoms with Crippen LogP contribution in [0.25, 0.3) is 6.08 Å². The monoisotopic (exact) mass is 571 g/mol. The molecule has 0 saturated carbocycles. The molecule has 1 fully saturated rings. The maximum atomic E-state index is 12.9. The highest BCUT2D eigenvalue weighted by atomic mass is 32.2. The van der Waals surface area contributed by atoms with E-state index in [0.717, 1.165) is 17.0 Å². The molecule has 3 aromatic carbocycles. The number of carbonyl (C=O) groups is 2. The summed E-state index contributed by atoms with van der Waals surface area (Å²) < 4.78 is 35.8. The number of thioether (sulfide) groups is 1. The third-order valence-electron chi connectivity index (χ3n) is 5.38. The molecule has 39 heavy (non-hydrogen) atoms. The first-order chi connectivity index (χ1) is 18.5. The summed E-state index contributed by atoms with van der Waals surface area (Å²) in [6, 6.07) is 14.2. The summed E-state index contributed by atoms with van der Waals surface area (Å²) in [6.45, 7) is -0.0837. The average Bonchev–Trinajstić information content (AvgIpc) is 3.16. The normalized spacial score (nSPS) is 14.5. The number of nitrogens with zero attached hydrogens (tertiary/aromatic N) is 3. The van der Waals surface area contributed by atoms with E-state index in [1.165, 1.54) is 67.8 Å². The molecule has 1 aliphatic rings. The fourth-order valence-electron chi connectivity index (χ4n) is 3.52. The molecular formula is C24H17N3O10S2. The Morgan fingerprint density at radius 1 is 0.949 bits per heavy atom. The molecule has 0 radical (unpaired) electrons. The number of hydrogen-bond donors (Lipinski definition) is 0. The van der Waals surface area contributed by atoms with Gasteiger partial charge in [0.1, 0.15) is 0 Å². The molecule has 3 aromatic rings. The maximum Gasteiger partial charge on any atom is 0.346 e. The lowest BCUT2D eigenvalue weighted by Crippen LogP contribution is -2.27. The minimum Gasteiger partial charge on any atom is -0.493 e. The molecular weight excluding hydrogens is 554 g/mol. The number of amides is 2. The molecule has 1 aliphatic heterocycles. The number of imide groups is 1. The van der Waals surface area contributed by atoms with Gasteiger partial charge in [-0.1, -0.05) is 30.3 Å². The maximum absolute atomic E-state index is 12.9. The molecule has 0 atom stereocenters. The van der Waals surface area contributed by atoms with Crippen molar-refractivity contribution in [1.82, 2.24) is 4.90 Å². The summed E-state index contributed by atoms with van der Waals surface area (Å²) in [5, 5.41) is 21.5. The first kappa shape index (κ1) is 27.3. The fraction of sp³-hybridized carbons (Fsp3) is 0.0833. The van der Waals surface area contributed by atoms with Crippen LogP contribution in [0.4, 0.5) is 16.2 Å². The molecule has 1 heterocycles. The Morgan fingerprint density at radius 3 is 2.28 bits per heavy atom. The molecule has 1 saturated heterocycles. The summed E-state index contributed by atoms with van der Waals surface area (Å²) in [5.41, 5.74) is 0.122. The minimum atomic E-state index is -4.60. The number of benzene rings is 3. The molecule has 2 amide bonds. The molecule has 0 aromatic heterocycles. The Labute approximate surface area is 225 Å². The van der Waals surface area contributed by atoms with E-state index in [4.69, 9.17) is 8.92 Å². The molecule has 0 aliphatic carbocycles. The number of methoxy groups -OCH3 is 1. The topological polar surface area (TPSA) is 176 Å². The Morgan fingerprint density at radius 2 is 1.64 bits per heavy atom. The van der Waals surface area contributed by atoms with Crippen molar-refractivity contribution in [2.45, 2.75) is 11.4 Å². The van der Waals surface area contributed by atoms with Gasteiger partial charge in [-0.05, 0) is 47.2 Å². The van der Waals surface area contributed by atoms with E-state index in [1.807, 2.05) is 0 Å². The van der Waals surface area contributed by atoms with Gasteiger partial charge in [0.15, 0.2) is 16.4 Å². The van der Waals surface area contributed by atoms with Crippen LogP contribution in [-0.2, 0) is 21.5 Å². The van der Waals surface area contributed by atoms with Crippen LogP contribution >= 0.6 is 11.8 Å². The van der Waals surface area contributed by atoms with Gasteiger partial charge in [0, 0.05) is 18.2 Å². The van der Waals surface area contributed by atoms with Crippen LogP contribution in [0, 0.1) is 20.2 Å². The summed E-state index contributed by atoms with van der Waals surface area (Å²) in [5.74, 6) is -0.878. The Balaban J connectivity index is 1.55. The predicted octanol–water partition coefficient (Wildman–Crippen LogP) is 4.52. The number of para-hydroxylation sites is 1. The van der Waals surface area contributed by atoms with E-state index in [-0.39, 0.29) is 28.6 Å². The van der Waals surface area contributed by atoms with Gasteiger partial charge in [0.25, 0.3) is 22.5 Å².